The number of amides is 1. The van der Waals surface area contributed by atoms with Crippen molar-refractivity contribution in [2.24, 2.45) is 5.16 Å². The smallest absolute Gasteiger partial charge is 0.280 e. The van der Waals surface area contributed by atoms with Gasteiger partial charge in [0.15, 0.2) is 26.8 Å². The largest absolute Gasteiger partial charge is 0.476 e. The van der Waals surface area contributed by atoms with Crippen molar-refractivity contribution in [2.45, 2.75) is 23.8 Å². The first-order chi connectivity index (χ1) is 19.2. The van der Waals surface area contributed by atoms with Crippen LogP contribution in [-0.4, -0.2) is 101 Å². The summed E-state index contributed by atoms with van der Waals surface area (Å²) in [6.07, 6.45) is 0.758. The molecule has 216 valence electrons. The number of hydrogen-bond donors (Lipinski definition) is 1. The lowest BCUT2D eigenvalue weighted by molar-refractivity contribution is -0.110. The molecule has 0 saturated carbocycles. The molecule has 0 radical (unpaired) electrons. The number of ether oxygens (including phenoxy) is 3. The van der Waals surface area contributed by atoms with E-state index in [1.165, 1.54) is 42.7 Å². The van der Waals surface area contributed by atoms with Gasteiger partial charge in [-0.15, -0.1) is 0 Å². The third-order valence-corrected chi connectivity index (χ3v) is 8.58. The van der Waals surface area contributed by atoms with Gasteiger partial charge in [0.1, 0.15) is 17.0 Å². The quantitative estimate of drug-likeness (QED) is 0.169. The molecule has 2 aromatic heterocycles. The topological polar surface area (TPSA) is 142 Å². The number of carbonyl (C=O) groups excluding carboxylic acids is 1. The predicted molar refractivity (Wildman–Crippen MR) is 152 cm³/mol. The van der Waals surface area contributed by atoms with Gasteiger partial charge in [0.2, 0.25) is 5.88 Å². The molecular formula is C26H33N5O7S2. The minimum atomic E-state index is -3.49. The lowest BCUT2D eigenvalue weighted by atomic mass is 10.1. The zero-order valence-corrected chi connectivity index (χ0v) is 24.3. The number of oxime groups is 1. The third-order valence-electron chi connectivity index (χ3n) is 5.88. The minimum absolute atomic E-state index is 0.0184. The number of nitrogens with zero attached hydrogens (tertiary/aromatic N) is 4. The maximum absolute atomic E-state index is 13.4. The van der Waals surface area contributed by atoms with Gasteiger partial charge in [-0.2, -0.15) is 0 Å². The summed E-state index contributed by atoms with van der Waals surface area (Å²) in [5.74, 6) is -0.126. The number of pyridine rings is 1. The average molecular weight is 592 g/mol. The molecule has 12 nitrogen and oxygen atoms in total. The minimum Gasteiger partial charge on any atom is -0.476 e. The maximum atomic E-state index is 13.4. The molecule has 3 heterocycles. The summed E-state index contributed by atoms with van der Waals surface area (Å²) in [7, 11) is 1.95. The predicted octanol–water partition coefficient (Wildman–Crippen LogP) is 2.59. The second kappa shape index (κ2) is 13.9. The number of fused-ring (bicyclic) bond motifs is 1. The summed E-state index contributed by atoms with van der Waals surface area (Å²) in [4.78, 5) is 30.7. The van der Waals surface area contributed by atoms with Crippen LogP contribution in [0.2, 0.25) is 0 Å². The Labute approximate surface area is 237 Å². The first kappa shape index (κ1) is 29.8. The average Bonchev–Trinajstić information content (AvgIpc) is 3.58. The van der Waals surface area contributed by atoms with E-state index < -0.39 is 15.7 Å². The number of aromatic nitrogens is 2. The maximum Gasteiger partial charge on any atom is 0.280 e. The molecule has 0 spiro atoms. The Hall–Kier alpha value is -3.17. The molecule has 1 aromatic carbocycles. The fraction of sp³-hybridized carbons (Fsp3) is 0.462. The summed E-state index contributed by atoms with van der Waals surface area (Å²) in [5.41, 5.74) is 0.986. The number of anilines is 1. The molecule has 0 bridgehead atoms. The van der Waals surface area contributed by atoms with Crippen molar-refractivity contribution in [3.05, 3.63) is 42.0 Å². The van der Waals surface area contributed by atoms with Crippen LogP contribution in [0.3, 0.4) is 0 Å². The van der Waals surface area contributed by atoms with Gasteiger partial charge in [0.25, 0.3) is 5.91 Å². The number of methoxy groups -OCH3 is 1. The number of thiazole rings is 1. The fourth-order valence-electron chi connectivity index (χ4n) is 3.70. The number of benzene rings is 1. The van der Waals surface area contributed by atoms with Crippen LogP contribution in [0.25, 0.3) is 10.3 Å². The van der Waals surface area contributed by atoms with Crippen molar-refractivity contribution in [3.63, 3.8) is 0 Å². The second-order valence-corrected chi connectivity index (χ2v) is 12.4. The van der Waals surface area contributed by atoms with Crippen molar-refractivity contribution in [3.8, 4) is 5.88 Å². The van der Waals surface area contributed by atoms with E-state index in [0.717, 1.165) is 6.54 Å². The highest BCUT2D eigenvalue weighted by Gasteiger charge is 2.22. The zero-order chi connectivity index (χ0) is 28.5. The Kier molecular flexibility index (Phi) is 10.4. The van der Waals surface area contributed by atoms with Gasteiger partial charge in [-0.05, 0) is 38.7 Å². The van der Waals surface area contributed by atoms with Crippen LogP contribution >= 0.6 is 11.3 Å². The van der Waals surface area contributed by atoms with E-state index in [-0.39, 0.29) is 22.5 Å². The van der Waals surface area contributed by atoms with Crippen LogP contribution < -0.4 is 10.1 Å². The van der Waals surface area contributed by atoms with Gasteiger partial charge in [-0.25, -0.2) is 18.4 Å². The summed E-state index contributed by atoms with van der Waals surface area (Å²) in [5, 5.41) is 7.23. The highest BCUT2D eigenvalue weighted by molar-refractivity contribution is 7.91. The van der Waals surface area contributed by atoms with Crippen LogP contribution in [0, 0.1) is 0 Å². The molecule has 40 heavy (non-hydrogen) atoms. The second-order valence-electron chi connectivity index (χ2n) is 9.32. The Morgan fingerprint density at radius 3 is 2.67 bits per heavy atom. The van der Waals surface area contributed by atoms with Crippen LogP contribution in [0.4, 0.5) is 5.13 Å². The van der Waals surface area contributed by atoms with E-state index in [0.29, 0.717) is 66.2 Å². The van der Waals surface area contributed by atoms with Crippen LogP contribution in [-0.2, 0) is 28.9 Å². The number of carbonyl (C=O) groups is 1. The number of hydrogen-bond acceptors (Lipinski definition) is 12. The molecule has 1 saturated heterocycles. The molecule has 0 unspecified atom stereocenters. The first-order valence-electron chi connectivity index (χ1n) is 12.8. The van der Waals surface area contributed by atoms with Crippen molar-refractivity contribution in [1.29, 1.82) is 0 Å². The summed E-state index contributed by atoms with van der Waals surface area (Å²) >= 11 is 1.20. The monoisotopic (exact) mass is 591 g/mol. The van der Waals surface area contributed by atoms with Gasteiger partial charge in [0, 0.05) is 38.3 Å². The molecule has 1 N–H and O–H groups in total. The summed E-state index contributed by atoms with van der Waals surface area (Å²) in [6, 6.07) is 9.50. The molecular weight excluding hydrogens is 558 g/mol. The fourth-order valence-corrected chi connectivity index (χ4v) is 5.81. The number of nitrogens with one attached hydrogen (secondary N) is 1. The van der Waals surface area contributed by atoms with Crippen LogP contribution in [0.15, 0.2) is 46.4 Å². The van der Waals surface area contributed by atoms with E-state index >= 15 is 0 Å². The normalized spacial score (nSPS) is 16.0. The molecule has 1 fully saturated rings. The molecule has 4 rings (SSSR count). The van der Waals surface area contributed by atoms with Gasteiger partial charge in [-0.1, -0.05) is 28.6 Å². The Morgan fingerprint density at radius 1 is 1.18 bits per heavy atom. The highest BCUT2D eigenvalue weighted by atomic mass is 32.2. The molecule has 3 aromatic rings. The third kappa shape index (κ3) is 8.17. The van der Waals surface area contributed by atoms with Crippen molar-refractivity contribution in [2.75, 3.05) is 65.2 Å². The van der Waals surface area contributed by atoms with Gasteiger partial charge in [0.05, 0.1) is 23.9 Å². The Balaban J connectivity index is 1.52. The van der Waals surface area contributed by atoms with Gasteiger partial charge >= 0.3 is 0 Å². The highest BCUT2D eigenvalue weighted by Crippen LogP contribution is 2.26. The molecule has 1 atom stereocenters. The lowest BCUT2D eigenvalue weighted by Gasteiger charge is -2.10. The van der Waals surface area contributed by atoms with E-state index in [1.54, 1.807) is 12.1 Å². The van der Waals surface area contributed by atoms with Gasteiger partial charge in [-0.3, -0.25) is 10.1 Å². The number of rotatable bonds is 14. The standard InChI is InChI=1S/C26H33N5O7S2/c1-31(2)12-15-37-22-10-9-21-25(28-22)39-26(27-21)29-24(32)23(30-38-19-11-14-36-17-19)18-5-7-20(8-6-18)40(33,34)16-4-13-35-3/h5-10,19H,4,11-17H2,1-3H3,(H,27,29,32)/t19-/m1/s1. The van der Waals surface area contributed by atoms with Crippen molar-refractivity contribution < 1.29 is 32.3 Å². The lowest BCUT2D eigenvalue weighted by Crippen LogP contribution is -2.25. The first-order valence-corrected chi connectivity index (χ1v) is 15.2. The summed E-state index contributed by atoms with van der Waals surface area (Å²) in [6.45, 7) is 2.52. The molecule has 14 heteroatoms. The van der Waals surface area contributed by atoms with E-state index in [1.807, 2.05) is 19.0 Å². The van der Waals surface area contributed by atoms with E-state index in [4.69, 9.17) is 19.0 Å². The number of likely N-dealkylation sites (N-methyl/N-ethyl adjacent to an activating group) is 1. The Bertz CT molecular complexity index is 1420. The van der Waals surface area contributed by atoms with E-state index in [2.05, 4.69) is 20.4 Å². The van der Waals surface area contributed by atoms with Crippen molar-refractivity contribution in [1.82, 2.24) is 14.9 Å². The zero-order valence-electron chi connectivity index (χ0n) is 22.7. The molecule has 0 aliphatic carbocycles. The van der Waals surface area contributed by atoms with Gasteiger partial charge < -0.3 is 23.9 Å². The van der Waals surface area contributed by atoms with Crippen LogP contribution in [0.1, 0.15) is 18.4 Å². The van der Waals surface area contributed by atoms with Crippen molar-refractivity contribution >= 4 is 48.3 Å². The number of sulfone groups is 1. The molecule has 1 aliphatic heterocycles. The molecule has 1 aliphatic rings. The van der Waals surface area contributed by atoms with E-state index in [9.17, 15) is 13.2 Å². The molecule has 1 amide bonds. The Morgan fingerprint density at radius 2 is 1.98 bits per heavy atom. The van der Waals surface area contributed by atoms with Crippen LogP contribution in [0.5, 0.6) is 5.88 Å². The summed E-state index contributed by atoms with van der Waals surface area (Å²) < 4.78 is 41.2. The SMILES string of the molecule is COCCCS(=O)(=O)c1ccc(C(=NO[C@@H]2CCOC2)C(=O)Nc2nc3ccc(OCCN(C)C)nc3s2)cc1.